The van der Waals surface area contributed by atoms with Gasteiger partial charge in [-0.05, 0) is 78.7 Å². The second-order valence-corrected chi connectivity index (χ2v) is 15.0. The summed E-state index contributed by atoms with van der Waals surface area (Å²) < 4.78 is 0. The Morgan fingerprint density at radius 3 is 2.12 bits per heavy atom. The predicted octanol–water partition coefficient (Wildman–Crippen LogP) is 6.32. The molecule has 2 heterocycles. The minimum absolute atomic E-state index is 0.726. The Kier molecular flexibility index (Phi) is 9.09. The van der Waals surface area contributed by atoms with Crippen LogP contribution in [0.5, 0.6) is 0 Å². The number of hydrogen-bond acceptors (Lipinski definition) is 2. The lowest BCUT2D eigenvalue weighted by molar-refractivity contribution is 0.252. The van der Waals surface area contributed by atoms with Crippen molar-refractivity contribution in [1.29, 1.82) is 0 Å². The Morgan fingerprint density at radius 1 is 0.750 bits per heavy atom. The third-order valence-corrected chi connectivity index (χ3v) is 11.8. The molecular formula is C35H35ClN2Si2. The molecule has 0 unspecified atom stereocenters. The highest BCUT2D eigenvalue weighted by Gasteiger charge is 2.25. The Balaban J connectivity index is 1.12. The van der Waals surface area contributed by atoms with Crippen LogP contribution in [-0.2, 0) is 12.8 Å². The number of halogens is 1. The first-order valence-electron chi connectivity index (χ1n) is 14.5. The van der Waals surface area contributed by atoms with E-state index in [1.54, 1.807) is 5.57 Å². The summed E-state index contributed by atoms with van der Waals surface area (Å²) in [5.41, 5.74) is 8.21. The fraction of sp³-hybridized carbons (Fsp3) is 0.286. The van der Waals surface area contributed by atoms with E-state index < -0.39 is 0 Å². The smallest absolute Gasteiger partial charge is 0.0811 e. The molecule has 0 bridgehead atoms. The monoisotopic (exact) mass is 574 g/mol. The van der Waals surface area contributed by atoms with Crippen LogP contribution in [0.2, 0.25) is 10.2 Å². The first-order chi connectivity index (χ1) is 19.7. The molecule has 2 nitrogen and oxygen atoms in total. The summed E-state index contributed by atoms with van der Waals surface area (Å²) in [6.45, 7) is 3.46. The number of benzene rings is 3. The molecule has 3 aromatic carbocycles. The summed E-state index contributed by atoms with van der Waals surface area (Å²) in [6, 6.07) is 33.0. The molecule has 0 N–H and O–H groups in total. The van der Waals surface area contributed by atoms with Crippen LogP contribution >= 0.6 is 11.6 Å². The fourth-order valence-corrected chi connectivity index (χ4v) is 9.86. The van der Waals surface area contributed by atoms with Gasteiger partial charge in [-0.3, -0.25) is 4.98 Å². The number of hydrogen-bond donors (Lipinski definition) is 0. The van der Waals surface area contributed by atoms with Crippen molar-refractivity contribution in [2.45, 2.75) is 43.7 Å². The van der Waals surface area contributed by atoms with Crippen LogP contribution in [0.3, 0.4) is 0 Å². The van der Waals surface area contributed by atoms with Crippen LogP contribution in [0.4, 0.5) is 0 Å². The molecule has 0 atom stereocenters. The zero-order valence-electron chi connectivity index (χ0n) is 23.0. The Labute approximate surface area is 249 Å². The largest absolute Gasteiger partial charge is 0.303 e. The second kappa shape index (κ2) is 13.3. The quantitative estimate of drug-likeness (QED) is 0.229. The third kappa shape index (κ3) is 6.75. The molecule has 4 aromatic rings. The summed E-state index contributed by atoms with van der Waals surface area (Å²) in [5, 5.41) is 4.54. The number of likely N-dealkylation sites (tertiary alicyclic amines) is 1. The molecule has 1 aliphatic carbocycles. The van der Waals surface area contributed by atoms with Gasteiger partial charge in [0, 0.05) is 29.9 Å². The average Bonchev–Trinajstić information content (AvgIpc) is 3.15. The van der Waals surface area contributed by atoms with Gasteiger partial charge < -0.3 is 4.90 Å². The van der Waals surface area contributed by atoms with Crippen molar-refractivity contribution in [3.63, 3.8) is 0 Å². The predicted molar refractivity (Wildman–Crippen MR) is 171 cm³/mol. The summed E-state index contributed by atoms with van der Waals surface area (Å²) in [6.07, 6.45) is 8.79. The number of aromatic nitrogens is 1. The van der Waals surface area contributed by atoms with Crippen molar-refractivity contribution in [2.24, 2.45) is 0 Å². The first-order valence-corrected chi connectivity index (χ1v) is 17.1. The summed E-state index contributed by atoms with van der Waals surface area (Å²) in [4.78, 5) is 7.60. The first kappa shape index (κ1) is 27.4. The van der Waals surface area contributed by atoms with Crippen molar-refractivity contribution >= 4 is 46.6 Å². The third-order valence-electron chi connectivity index (χ3n) is 8.14. The topological polar surface area (TPSA) is 16.1 Å². The van der Waals surface area contributed by atoms with E-state index in [-0.39, 0.29) is 0 Å². The summed E-state index contributed by atoms with van der Waals surface area (Å²) in [5.74, 6) is 0. The van der Waals surface area contributed by atoms with Gasteiger partial charge in [0.15, 0.2) is 0 Å². The standard InChI is InChI=1S/C35H35ClN2Si2/c36-29-17-18-32-28(25-29)16-15-27-9-7-21-37-35(27)34(32)26-19-23-38(24-20-26)22-8-14-33(39-30-10-3-1-4-11-30)40-31-12-5-2-6-13-31/h1-7,9-13,17-18,21,25,33H,8,14-16,19-20,22-24H2. The van der Waals surface area contributed by atoms with Gasteiger partial charge in [0.05, 0.1) is 24.7 Å². The second-order valence-electron chi connectivity index (χ2n) is 10.8. The van der Waals surface area contributed by atoms with Crippen LogP contribution in [0.15, 0.2) is 103 Å². The molecule has 1 aliphatic heterocycles. The summed E-state index contributed by atoms with van der Waals surface area (Å²) >= 11 is 6.42. The Bertz CT molecular complexity index is 1400. The highest BCUT2D eigenvalue weighted by atomic mass is 35.5. The number of aryl methyl sites for hydroxylation is 2. The van der Waals surface area contributed by atoms with E-state index in [9.17, 15) is 0 Å². The van der Waals surface area contributed by atoms with Gasteiger partial charge in [0.25, 0.3) is 0 Å². The minimum atomic E-state index is 0.726. The number of fused-ring (bicyclic) bond motifs is 2. The van der Waals surface area contributed by atoms with Crippen LogP contribution in [-0.4, -0.2) is 48.6 Å². The molecule has 2 aliphatic rings. The SMILES string of the molecule is Clc1ccc2c(c1)CCc1cccnc1C2=C1CCN(CCCC([Si]c2ccccc2)[Si]c2ccccc2)CC1. The highest BCUT2D eigenvalue weighted by molar-refractivity contribution is 6.73. The molecule has 1 aromatic heterocycles. The zero-order chi connectivity index (χ0) is 27.1. The molecule has 1 fully saturated rings. The zero-order valence-corrected chi connectivity index (χ0v) is 25.7. The minimum Gasteiger partial charge on any atom is -0.303 e. The van der Waals surface area contributed by atoms with Gasteiger partial charge >= 0.3 is 0 Å². The van der Waals surface area contributed by atoms with Crippen LogP contribution in [0, 0.1) is 0 Å². The molecule has 40 heavy (non-hydrogen) atoms. The van der Waals surface area contributed by atoms with Gasteiger partial charge in [-0.1, -0.05) is 107 Å². The molecular weight excluding hydrogens is 540 g/mol. The maximum atomic E-state index is 6.42. The maximum absolute atomic E-state index is 6.42. The van der Waals surface area contributed by atoms with Gasteiger partial charge in [-0.2, -0.15) is 0 Å². The van der Waals surface area contributed by atoms with Gasteiger partial charge in [-0.25, -0.2) is 0 Å². The van der Waals surface area contributed by atoms with E-state index in [0.29, 0.717) is 0 Å². The lowest BCUT2D eigenvalue weighted by Gasteiger charge is -2.30. The lowest BCUT2D eigenvalue weighted by Crippen LogP contribution is -2.33. The molecule has 5 heteroatoms. The number of pyridine rings is 1. The normalized spacial score (nSPS) is 15.6. The van der Waals surface area contributed by atoms with Crippen molar-refractivity contribution < 1.29 is 0 Å². The molecule has 6 rings (SSSR count). The van der Waals surface area contributed by atoms with Gasteiger partial charge in [-0.15, -0.1) is 0 Å². The Hall–Kier alpha value is -2.77. The molecule has 0 spiro atoms. The molecule has 1 saturated heterocycles. The van der Waals surface area contributed by atoms with Crippen molar-refractivity contribution in [3.05, 3.63) is 130 Å². The number of rotatable bonds is 8. The van der Waals surface area contributed by atoms with Crippen LogP contribution in [0.1, 0.15) is 48.1 Å². The number of piperidine rings is 1. The average molecular weight is 575 g/mol. The van der Waals surface area contributed by atoms with Crippen molar-refractivity contribution in [3.8, 4) is 0 Å². The van der Waals surface area contributed by atoms with E-state index in [0.717, 1.165) is 68.0 Å². The van der Waals surface area contributed by atoms with Crippen molar-refractivity contribution in [2.75, 3.05) is 19.6 Å². The molecule has 4 radical (unpaired) electrons. The summed E-state index contributed by atoms with van der Waals surface area (Å²) in [7, 11) is 1.75. The highest BCUT2D eigenvalue weighted by Crippen LogP contribution is 2.38. The van der Waals surface area contributed by atoms with Crippen molar-refractivity contribution in [1.82, 2.24) is 9.88 Å². The van der Waals surface area contributed by atoms with E-state index in [1.807, 2.05) is 12.3 Å². The van der Waals surface area contributed by atoms with Crippen LogP contribution < -0.4 is 10.4 Å². The van der Waals surface area contributed by atoms with E-state index in [2.05, 4.69) is 89.8 Å². The maximum Gasteiger partial charge on any atom is 0.0811 e. The molecule has 0 saturated carbocycles. The van der Waals surface area contributed by atoms with Gasteiger partial charge in [0.2, 0.25) is 0 Å². The van der Waals surface area contributed by atoms with Crippen LogP contribution in [0.25, 0.3) is 5.57 Å². The molecule has 200 valence electrons. The van der Waals surface area contributed by atoms with E-state index >= 15 is 0 Å². The fourth-order valence-electron chi connectivity index (χ4n) is 6.10. The Morgan fingerprint density at radius 2 is 1.43 bits per heavy atom. The van der Waals surface area contributed by atoms with E-state index in [1.165, 1.54) is 57.7 Å². The van der Waals surface area contributed by atoms with Gasteiger partial charge in [0.1, 0.15) is 0 Å². The van der Waals surface area contributed by atoms with E-state index in [4.69, 9.17) is 16.6 Å². The molecule has 0 amide bonds. The lowest BCUT2D eigenvalue weighted by atomic mass is 9.88. The number of nitrogens with zero attached hydrogens (tertiary/aromatic N) is 2.